The fourth-order valence-electron chi connectivity index (χ4n) is 2.81. The summed E-state index contributed by atoms with van der Waals surface area (Å²) in [6, 6.07) is 5.82. The van der Waals surface area contributed by atoms with Gasteiger partial charge in [-0.05, 0) is 43.4 Å². The van der Waals surface area contributed by atoms with Crippen molar-refractivity contribution < 1.29 is 4.79 Å². The van der Waals surface area contributed by atoms with E-state index in [4.69, 9.17) is 5.73 Å². The number of aromatic nitrogens is 2. The van der Waals surface area contributed by atoms with E-state index in [0.717, 1.165) is 42.3 Å². The lowest BCUT2D eigenvalue weighted by atomic mass is 9.92. The molecule has 0 aliphatic heterocycles. The van der Waals surface area contributed by atoms with E-state index in [0.29, 0.717) is 13.0 Å². The third kappa shape index (κ3) is 4.22. The number of rotatable bonds is 8. The quantitative estimate of drug-likeness (QED) is 0.596. The van der Waals surface area contributed by atoms with Crippen LogP contribution >= 0.6 is 0 Å². The number of H-pyrrole nitrogens is 2. The van der Waals surface area contributed by atoms with Gasteiger partial charge >= 0.3 is 5.69 Å². The monoisotopic (exact) mass is 318 g/mol. The zero-order valence-electron chi connectivity index (χ0n) is 13.9. The van der Waals surface area contributed by atoms with E-state index in [1.54, 1.807) is 0 Å². The van der Waals surface area contributed by atoms with Gasteiger partial charge in [0.2, 0.25) is 5.91 Å². The average molecular weight is 318 g/mol. The number of nitrogens with two attached hydrogens (primary N) is 1. The lowest BCUT2D eigenvalue weighted by Crippen LogP contribution is -2.52. The Labute approximate surface area is 135 Å². The molecule has 0 aliphatic rings. The van der Waals surface area contributed by atoms with Gasteiger partial charge < -0.3 is 21.0 Å². The Hall–Kier alpha value is -2.08. The maximum absolute atomic E-state index is 12.1. The predicted molar refractivity (Wildman–Crippen MR) is 92.4 cm³/mol. The average Bonchev–Trinajstić information content (AvgIpc) is 2.92. The molecule has 0 saturated carbocycles. The molecule has 2 rings (SSSR count). The van der Waals surface area contributed by atoms with Crippen LogP contribution in [0.15, 0.2) is 23.0 Å². The van der Waals surface area contributed by atoms with Crippen LogP contribution in [0.4, 0.5) is 0 Å². The van der Waals surface area contributed by atoms with Crippen molar-refractivity contribution in [2.45, 2.75) is 51.5 Å². The Kier molecular flexibility index (Phi) is 5.60. The number of hydrogen-bond donors (Lipinski definition) is 4. The van der Waals surface area contributed by atoms with Gasteiger partial charge in [0.15, 0.2) is 0 Å². The summed E-state index contributed by atoms with van der Waals surface area (Å²) >= 11 is 0. The third-order valence-electron chi connectivity index (χ3n) is 4.60. The van der Waals surface area contributed by atoms with Gasteiger partial charge in [-0.1, -0.05) is 19.9 Å². The zero-order valence-corrected chi connectivity index (χ0v) is 13.9. The molecular formula is C17H26N4O2. The first kappa shape index (κ1) is 17.3. The highest BCUT2D eigenvalue weighted by atomic mass is 16.2. The van der Waals surface area contributed by atoms with Crippen molar-refractivity contribution in [3.63, 3.8) is 0 Å². The fraction of sp³-hybridized carbons (Fsp3) is 0.529. The van der Waals surface area contributed by atoms with E-state index < -0.39 is 0 Å². The molecule has 23 heavy (non-hydrogen) atoms. The van der Waals surface area contributed by atoms with E-state index in [-0.39, 0.29) is 17.1 Å². The maximum atomic E-state index is 12.1. The summed E-state index contributed by atoms with van der Waals surface area (Å²) in [5.74, 6) is 0.0512. The second-order valence-electron chi connectivity index (χ2n) is 6.05. The molecule has 0 saturated heterocycles. The van der Waals surface area contributed by atoms with Gasteiger partial charge in [0.25, 0.3) is 0 Å². The van der Waals surface area contributed by atoms with Gasteiger partial charge in [0, 0.05) is 13.0 Å². The molecule has 5 N–H and O–H groups in total. The highest BCUT2D eigenvalue weighted by Crippen LogP contribution is 2.15. The number of carbonyl (C=O) groups is 1. The Morgan fingerprint density at radius 2 is 1.91 bits per heavy atom. The van der Waals surface area contributed by atoms with Gasteiger partial charge in [-0.2, -0.15) is 0 Å². The topological polar surface area (TPSA) is 104 Å². The molecule has 6 heteroatoms. The van der Waals surface area contributed by atoms with E-state index >= 15 is 0 Å². The van der Waals surface area contributed by atoms with E-state index in [1.807, 2.05) is 32.0 Å². The van der Waals surface area contributed by atoms with Crippen LogP contribution in [0.3, 0.4) is 0 Å². The molecule has 2 aromatic rings. The lowest BCUT2D eigenvalue weighted by Gasteiger charge is -2.31. The molecule has 0 bridgehead atoms. The Morgan fingerprint density at radius 3 is 2.57 bits per heavy atom. The van der Waals surface area contributed by atoms with Crippen molar-refractivity contribution in [3.05, 3.63) is 34.2 Å². The van der Waals surface area contributed by atoms with Crippen LogP contribution in [-0.2, 0) is 11.2 Å². The Morgan fingerprint density at radius 1 is 1.22 bits per heavy atom. The highest BCUT2D eigenvalue weighted by Gasteiger charge is 2.25. The molecule has 0 unspecified atom stereocenters. The smallest absolute Gasteiger partial charge is 0.323 e. The van der Waals surface area contributed by atoms with E-state index in [2.05, 4.69) is 15.3 Å². The largest absolute Gasteiger partial charge is 0.349 e. The van der Waals surface area contributed by atoms with Crippen LogP contribution in [-0.4, -0.2) is 28.0 Å². The zero-order chi connectivity index (χ0) is 16.9. The van der Waals surface area contributed by atoms with Crippen molar-refractivity contribution in [1.82, 2.24) is 15.3 Å². The van der Waals surface area contributed by atoms with Crippen molar-refractivity contribution >= 4 is 16.9 Å². The summed E-state index contributed by atoms with van der Waals surface area (Å²) < 4.78 is 0. The first-order valence-electron chi connectivity index (χ1n) is 8.24. The van der Waals surface area contributed by atoms with Crippen LogP contribution in [0.2, 0.25) is 0 Å². The number of aryl methyl sites for hydroxylation is 1. The van der Waals surface area contributed by atoms with Crippen LogP contribution < -0.4 is 16.7 Å². The second kappa shape index (κ2) is 7.46. The van der Waals surface area contributed by atoms with Crippen LogP contribution in [0.1, 0.15) is 45.1 Å². The predicted octanol–water partition coefficient (Wildman–Crippen LogP) is 1.81. The van der Waals surface area contributed by atoms with Gasteiger partial charge in [0.05, 0.1) is 16.6 Å². The summed E-state index contributed by atoms with van der Waals surface area (Å²) in [5.41, 5.74) is 8.04. The minimum Gasteiger partial charge on any atom is -0.349 e. The fourth-order valence-corrected chi connectivity index (χ4v) is 2.81. The van der Waals surface area contributed by atoms with Crippen molar-refractivity contribution in [2.24, 2.45) is 5.73 Å². The van der Waals surface area contributed by atoms with Gasteiger partial charge in [-0.15, -0.1) is 0 Å². The number of amides is 1. The highest BCUT2D eigenvalue weighted by molar-refractivity contribution is 5.77. The molecule has 126 valence electrons. The summed E-state index contributed by atoms with van der Waals surface area (Å²) in [7, 11) is 0. The molecule has 0 radical (unpaired) electrons. The lowest BCUT2D eigenvalue weighted by molar-refractivity contribution is -0.123. The SMILES string of the molecule is CCC(CC)(CN)NC(=O)CCCc1ccc2[nH]c(=O)[nH]c2c1. The first-order valence-corrected chi connectivity index (χ1v) is 8.24. The van der Waals surface area contributed by atoms with Gasteiger partial charge in [-0.3, -0.25) is 4.79 Å². The maximum Gasteiger partial charge on any atom is 0.323 e. The molecule has 0 fully saturated rings. The van der Waals surface area contributed by atoms with Gasteiger partial charge in [-0.25, -0.2) is 4.79 Å². The Balaban J connectivity index is 1.88. The van der Waals surface area contributed by atoms with Crippen molar-refractivity contribution in [2.75, 3.05) is 6.54 Å². The van der Waals surface area contributed by atoms with Crippen LogP contribution in [0.25, 0.3) is 11.0 Å². The molecule has 0 atom stereocenters. The molecule has 0 spiro atoms. The number of imidazole rings is 1. The third-order valence-corrected chi connectivity index (χ3v) is 4.60. The number of nitrogens with one attached hydrogen (secondary N) is 3. The van der Waals surface area contributed by atoms with Crippen LogP contribution in [0.5, 0.6) is 0 Å². The summed E-state index contributed by atoms with van der Waals surface area (Å²) in [6.45, 7) is 4.55. The first-order chi connectivity index (χ1) is 11.0. The summed E-state index contributed by atoms with van der Waals surface area (Å²) in [6.07, 6.45) is 3.71. The van der Waals surface area contributed by atoms with Crippen LogP contribution in [0, 0.1) is 0 Å². The molecule has 1 amide bonds. The number of benzene rings is 1. The van der Waals surface area contributed by atoms with E-state index in [1.165, 1.54) is 0 Å². The number of aromatic amines is 2. The number of fused-ring (bicyclic) bond motifs is 1. The normalized spacial score (nSPS) is 11.8. The molecule has 1 heterocycles. The molecule has 1 aromatic carbocycles. The molecule has 6 nitrogen and oxygen atoms in total. The summed E-state index contributed by atoms with van der Waals surface area (Å²) in [4.78, 5) is 28.8. The van der Waals surface area contributed by atoms with E-state index in [9.17, 15) is 9.59 Å². The molecule has 1 aromatic heterocycles. The summed E-state index contributed by atoms with van der Waals surface area (Å²) in [5, 5.41) is 3.08. The minimum atomic E-state index is -0.277. The molecule has 0 aliphatic carbocycles. The minimum absolute atomic E-state index is 0.0512. The van der Waals surface area contributed by atoms with Crippen molar-refractivity contribution in [3.8, 4) is 0 Å². The van der Waals surface area contributed by atoms with Crippen molar-refractivity contribution in [1.29, 1.82) is 0 Å². The molecular weight excluding hydrogens is 292 g/mol. The second-order valence-corrected chi connectivity index (χ2v) is 6.05. The standard InChI is InChI=1S/C17H26N4O2/c1-3-17(4-2,11-18)21-15(22)7-5-6-12-8-9-13-14(10-12)20-16(23)19-13/h8-10H,3-7,11,18H2,1-2H3,(H,21,22)(H2,19,20,23). The number of carbonyl (C=O) groups excluding carboxylic acids is 1. The Bertz CT molecular complexity index is 704. The number of hydrogen-bond acceptors (Lipinski definition) is 3. The van der Waals surface area contributed by atoms with Gasteiger partial charge in [0.1, 0.15) is 0 Å².